The maximum atomic E-state index is 12.3. The lowest BCUT2D eigenvalue weighted by Gasteiger charge is -2.40. The van der Waals surface area contributed by atoms with E-state index in [-0.39, 0.29) is 12.2 Å². The van der Waals surface area contributed by atoms with Gasteiger partial charge in [-0.05, 0) is 24.3 Å². The number of carbonyl (C=O) groups is 2. The average Bonchev–Trinajstić information content (AvgIpc) is 2.73. The van der Waals surface area contributed by atoms with Crippen molar-refractivity contribution >= 4 is 11.9 Å². The molecule has 3 unspecified atom stereocenters. The van der Waals surface area contributed by atoms with E-state index in [4.69, 9.17) is 19.9 Å². The summed E-state index contributed by atoms with van der Waals surface area (Å²) < 4.78 is 15.7. The van der Waals surface area contributed by atoms with E-state index in [1.165, 1.54) is 0 Å². The molecule has 1 heterocycles. The summed E-state index contributed by atoms with van der Waals surface area (Å²) in [7, 11) is 0. The summed E-state index contributed by atoms with van der Waals surface area (Å²) in [4.78, 5) is 24.3. The standard InChI is InChI=1S/C20H21NO7/c21-15-17(28-19(24)13-9-5-2-6-10-13)16(22)14(27-20(15)25)11-26-18(23)12-7-3-1-4-8-12/h1-10,14-17,20,22,25H,11,21H2/t14?,15?,16?,17-,20-/m1/s1. The fraction of sp³-hybridized carbons (Fsp3) is 0.300. The maximum Gasteiger partial charge on any atom is 0.338 e. The highest BCUT2D eigenvalue weighted by molar-refractivity contribution is 5.89. The Kier molecular flexibility index (Phi) is 6.37. The first-order chi connectivity index (χ1) is 13.5. The fourth-order valence-corrected chi connectivity index (χ4v) is 2.82. The molecular formula is C20H21NO7. The Morgan fingerprint density at radius 3 is 2.04 bits per heavy atom. The minimum atomic E-state index is -1.50. The fourth-order valence-electron chi connectivity index (χ4n) is 2.82. The van der Waals surface area contributed by atoms with Crippen molar-refractivity contribution in [1.82, 2.24) is 0 Å². The number of nitrogens with two attached hydrogens (primary N) is 1. The molecule has 1 aliphatic rings. The van der Waals surface area contributed by atoms with Crippen LogP contribution in [0.1, 0.15) is 20.7 Å². The van der Waals surface area contributed by atoms with Gasteiger partial charge in [0.2, 0.25) is 0 Å². The van der Waals surface area contributed by atoms with Crippen LogP contribution >= 0.6 is 0 Å². The Labute approximate surface area is 161 Å². The Balaban J connectivity index is 1.65. The minimum absolute atomic E-state index is 0.273. The van der Waals surface area contributed by atoms with E-state index in [0.717, 1.165) is 0 Å². The summed E-state index contributed by atoms with van der Waals surface area (Å²) in [6.45, 7) is -0.349. The molecule has 0 amide bonds. The van der Waals surface area contributed by atoms with Gasteiger partial charge in [0, 0.05) is 0 Å². The molecule has 8 nitrogen and oxygen atoms in total. The summed E-state index contributed by atoms with van der Waals surface area (Å²) >= 11 is 0. The zero-order valence-electron chi connectivity index (χ0n) is 14.9. The zero-order chi connectivity index (χ0) is 20.1. The number of hydrogen-bond donors (Lipinski definition) is 3. The van der Waals surface area contributed by atoms with Crippen molar-refractivity contribution in [2.75, 3.05) is 6.61 Å². The monoisotopic (exact) mass is 387 g/mol. The van der Waals surface area contributed by atoms with Crippen LogP contribution < -0.4 is 5.73 Å². The third-order valence-electron chi connectivity index (χ3n) is 4.38. The van der Waals surface area contributed by atoms with E-state index < -0.39 is 42.6 Å². The van der Waals surface area contributed by atoms with E-state index in [9.17, 15) is 19.8 Å². The van der Waals surface area contributed by atoms with Gasteiger partial charge in [0.15, 0.2) is 12.4 Å². The SMILES string of the molecule is NC1[C@@H](OC(=O)c2ccccc2)C(O)C(COC(=O)c2ccccc2)O[C@H]1O. The number of ether oxygens (including phenoxy) is 3. The third-order valence-corrected chi connectivity index (χ3v) is 4.38. The van der Waals surface area contributed by atoms with Gasteiger partial charge in [0.1, 0.15) is 18.8 Å². The van der Waals surface area contributed by atoms with E-state index in [1.54, 1.807) is 60.7 Å². The number of carbonyl (C=O) groups excluding carboxylic acids is 2. The molecule has 0 aromatic heterocycles. The summed E-state index contributed by atoms with van der Waals surface area (Å²) in [5.74, 6) is -1.31. The lowest BCUT2D eigenvalue weighted by atomic mass is 9.97. The number of hydrogen-bond acceptors (Lipinski definition) is 8. The van der Waals surface area contributed by atoms with Crippen molar-refractivity contribution in [3.05, 3.63) is 71.8 Å². The highest BCUT2D eigenvalue weighted by atomic mass is 16.6. The van der Waals surface area contributed by atoms with Crippen LogP contribution in [0.4, 0.5) is 0 Å². The number of esters is 2. The molecule has 148 valence electrons. The Hall–Kier alpha value is -2.78. The quantitative estimate of drug-likeness (QED) is 0.632. The molecule has 1 saturated heterocycles. The van der Waals surface area contributed by atoms with Crippen LogP contribution in [0.3, 0.4) is 0 Å². The van der Waals surface area contributed by atoms with Gasteiger partial charge in [-0.3, -0.25) is 0 Å². The number of aliphatic hydroxyl groups is 2. The molecule has 0 radical (unpaired) electrons. The van der Waals surface area contributed by atoms with Crippen LogP contribution in [0.25, 0.3) is 0 Å². The summed E-state index contributed by atoms with van der Waals surface area (Å²) in [5.41, 5.74) is 6.43. The zero-order valence-corrected chi connectivity index (χ0v) is 14.9. The van der Waals surface area contributed by atoms with Crippen molar-refractivity contribution in [3.63, 3.8) is 0 Å². The third kappa shape index (κ3) is 4.55. The number of rotatable bonds is 5. The molecule has 2 aromatic rings. The first-order valence-electron chi connectivity index (χ1n) is 8.72. The van der Waals surface area contributed by atoms with E-state index in [1.807, 2.05) is 0 Å². The minimum Gasteiger partial charge on any atom is -0.459 e. The molecule has 2 aromatic carbocycles. The van der Waals surface area contributed by atoms with E-state index >= 15 is 0 Å². The van der Waals surface area contributed by atoms with Crippen LogP contribution in [0.2, 0.25) is 0 Å². The van der Waals surface area contributed by atoms with Gasteiger partial charge in [-0.25, -0.2) is 9.59 Å². The highest BCUT2D eigenvalue weighted by Crippen LogP contribution is 2.23. The smallest absolute Gasteiger partial charge is 0.338 e. The lowest BCUT2D eigenvalue weighted by Crippen LogP contribution is -2.63. The van der Waals surface area contributed by atoms with Crippen molar-refractivity contribution in [3.8, 4) is 0 Å². The van der Waals surface area contributed by atoms with Gasteiger partial charge in [-0.1, -0.05) is 36.4 Å². The predicted molar refractivity (Wildman–Crippen MR) is 97.2 cm³/mol. The summed E-state index contributed by atoms with van der Waals surface area (Å²) in [6.07, 6.45) is -5.25. The highest BCUT2D eigenvalue weighted by Gasteiger charge is 2.45. The molecule has 0 bridgehead atoms. The molecule has 5 atom stereocenters. The maximum absolute atomic E-state index is 12.3. The van der Waals surface area contributed by atoms with Gasteiger partial charge in [0.05, 0.1) is 17.2 Å². The number of benzene rings is 2. The predicted octanol–water partition coefficient (Wildman–Crippen LogP) is 0.474. The largest absolute Gasteiger partial charge is 0.459 e. The van der Waals surface area contributed by atoms with Gasteiger partial charge in [-0.2, -0.15) is 0 Å². The van der Waals surface area contributed by atoms with Crippen LogP contribution in [-0.2, 0) is 14.2 Å². The van der Waals surface area contributed by atoms with Crippen LogP contribution in [0.5, 0.6) is 0 Å². The Bertz CT molecular complexity index is 799. The molecule has 0 saturated carbocycles. The molecule has 3 rings (SSSR count). The molecule has 1 fully saturated rings. The summed E-state index contributed by atoms with van der Waals surface area (Å²) in [5, 5.41) is 20.5. The lowest BCUT2D eigenvalue weighted by molar-refractivity contribution is -0.248. The van der Waals surface area contributed by atoms with Crippen LogP contribution in [-0.4, -0.2) is 59.4 Å². The Morgan fingerprint density at radius 2 is 1.46 bits per heavy atom. The Morgan fingerprint density at radius 1 is 0.929 bits per heavy atom. The second-order valence-electron chi connectivity index (χ2n) is 6.33. The van der Waals surface area contributed by atoms with Crippen LogP contribution in [0, 0.1) is 0 Å². The topological polar surface area (TPSA) is 128 Å². The van der Waals surface area contributed by atoms with Gasteiger partial charge in [0.25, 0.3) is 0 Å². The number of aliphatic hydroxyl groups excluding tert-OH is 2. The van der Waals surface area contributed by atoms with Crippen LogP contribution in [0.15, 0.2) is 60.7 Å². The van der Waals surface area contributed by atoms with E-state index in [2.05, 4.69) is 0 Å². The van der Waals surface area contributed by atoms with Crippen molar-refractivity contribution < 1.29 is 34.0 Å². The first kappa shape index (κ1) is 20.0. The molecule has 1 aliphatic heterocycles. The first-order valence-corrected chi connectivity index (χ1v) is 8.72. The molecule has 28 heavy (non-hydrogen) atoms. The normalized spacial score (nSPS) is 27.0. The van der Waals surface area contributed by atoms with Crippen molar-refractivity contribution in [2.24, 2.45) is 5.73 Å². The van der Waals surface area contributed by atoms with E-state index in [0.29, 0.717) is 5.56 Å². The van der Waals surface area contributed by atoms with Crippen molar-refractivity contribution in [1.29, 1.82) is 0 Å². The second-order valence-corrected chi connectivity index (χ2v) is 6.33. The molecular weight excluding hydrogens is 366 g/mol. The summed E-state index contributed by atoms with van der Waals surface area (Å²) in [6, 6.07) is 15.3. The van der Waals surface area contributed by atoms with Crippen molar-refractivity contribution in [2.45, 2.75) is 30.6 Å². The molecule has 0 aliphatic carbocycles. The molecule has 4 N–H and O–H groups in total. The average molecular weight is 387 g/mol. The van der Waals surface area contributed by atoms with Gasteiger partial charge < -0.3 is 30.2 Å². The van der Waals surface area contributed by atoms with Gasteiger partial charge in [-0.15, -0.1) is 0 Å². The molecule has 0 spiro atoms. The van der Waals surface area contributed by atoms with Gasteiger partial charge >= 0.3 is 11.9 Å². The molecule has 8 heteroatoms. The second kappa shape index (κ2) is 8.94.